The van der Waals surface area contributed by atoms with Gasteiger partial charge in [0, 0.05) is 6.92 Å². The highest BCUT2D eigenvalue weighted by atomic mass is 16.6. The van der Waals surface area contributed by atoms with Crippen LogP contribution in [0.3, 0.4) is 0 Å². The van der Waals surface area contributed by atoms with Crippen LogP contribution in [0.15, 0.2) is 30.3 Å². The van der Waals surface area contributed by atoms with Crippen molar-refractivity contribution in [2.45, 2.75) is 33.3 Å². The number of hydrogen-bond acceptors (Lipinski definition) is 3. The first-order valence-electron chi connectivity index (χ1n) is 5.65. The average Bonchev–Trinajstić information content (AvgIpc) is 2.24. The minimum atomic E-state index is -0.665. The number of benzene rings is 1. The molecule has 0 fully saturated rings. The van der Waals surface area contributed by atoms with Gasteiger partial charge in [-0.1, -0.05) is 18.2 Å². The fourth-order valence-electron chi connectivity index (χ4n) is 1.29. The molecule has 0 spiro atoms. The number of carbonyl (C=O) groups is 2. The van der Waals surface area contributed by atoms with Crippen LogP contribution in [-0.2, 0) is 9.53 Å². The van der Waals surface area contributed by atoms with E-state index in [2.05, 4.69) is 5.43 Å². The zero-order valence-electron chi connectivity index (χ0n) is 11.1. The van der Waals surface area contributed by atoms with Crippen molar-refractivity contribution in [1.29, 1.82) is 0 Å². The molecule has 0 heterocycles. The van der Waals surface area contributed by atoms with E-state index in [0.717, 1.165) is 5.01 Å². The van der Waals surface area contributed by atoms with E-state index < -0.39 is 11.7 Å². The molecule has 0 aromatic heterocycles. The largest absolute Gasteiger partial charge is 0.443 e. The molecule has 0 radical (unpaired) electrons. The SMILES string of the molecule is CC(=O)N(NC(=O)OC(C)(C)C)c1ccccc1. The van der Waals surface area contributed by atoms with Crippen LogP contribution >= 0.6 is 0 Å². The summed E-state index contributed by atoms with van der Waals surface area (Å²) in [5, 5.41) is 1.15. The van der Waals surface area contributed by atoms with E-state index >= 15 is 0 Å². The van der Waals surface area contributed by atoms with E-state index in [1.807, 2.05) is 6.07 Å². The van der Waals surface area contributed by atoms with Crippen LogP contribution in [0.1, 0.15) is 27.7 Å². The molecule has 0 aliphatic heterocycles. The zero-order valence-corrected chi connectivity index (χ0v) is 11.1. The van der Waals surface area contributed by atoms with Crippen LogP contribution in [0.4, 0.5) is 10.5 Å². The van der Waals surface area contributed by atoms with Gasteiger partial charge in [-0.15, -0.1) is 0 Å². The number of nitrogens with one attached hydrogen (secondary N) is 1. The summed E-state index contributed by atoms with van der Waals surface area (Å²) in [6.07, 6.45) is -0.665. The number of ether oxygens (including phenoxy) is 1. The zero-order chi connectivity index (χ0) is 13.8. The van der Waals surface area contributed by atoms with E-state index in [9.17, 15) is 9.59 Å². The number of para-hydroxylation sites is 1. The van der Waals surface area contributed by atoms with Crippen molar-refractivity contribution in [2.24, 2.45) is 0 Å². The number of amides is 2. The molecule has 0 bridgehead atoms. The van der Waals surface area contributed by atoms with E-state index in [0.29, 0.717) is 5.69 Å². The fourth-order valence-corrected chi connectivity index (χ4v) is 1.29. The molecule has 0 aliphatic rings. The van der Waals surface area contributed by atoms with Gasteiger partial charge in [0.05, 0.1) is 5.69 Å². The first-order valence-corrected chi connectivity index (χ1v) is 5.65. The summed E-state index contributed by atoms with van der Waals surface area (Å²) in [5.74, 6) is -0.299. The summed E-state index contributed by atoms with van der Waals surface area (Å²) in [6, 6.07) is 8.83. The molecule has 1 aromatic carbocycles. The predicted molar refractivity (Wildman–Crippen MR) is 69.0 cm³/mol. The summed E-state index contributed by atoms with van der Waals surface area (Å²) >= 11 is 0. The normalized spacial score (nSPS) is 10.7. The van der Waals surface area contributed by atoms with Crippen LogP contribution in [0.2, 0.25) is 0 Å². The predicted octanol–water partition coefficient (Wildman–Crippen LogP) is 2.48. The molecule has 0 aliphatic carbocycles. The number of hydrazine groups is 1. The lowest BCUT2D eigenvalue weighted by atomic mass is 10.2. The number of anilines is 1. The molecular weight excluding hydrogens is 232 g/mol. The molecule has 98 valence electrons. The second-order valence-electron chi connectivity index (χ2n) is 4.80. The Morgan fingerprint density at radius 2 is 1.72 bits per heavy atom. The third kappa shape index (κ3) is 4.45. The molecule has 1 aromatic rings. The van der Waals surface area contributed by atoms with E-state index in [-0.39, 0.29) is 5.91 Å². The van der Waals surface area contributed by atoms with Crippen molar-refractivity contribution in [3.63, 3.8) is 0 Å². The van der Waals surface area contributed by atoms with Crippen molar-refractivity contribution < 1.29 is 14.3 Å². The number of carbonyl (C=O) groups excluding carboxylic acids is 2. The molecule has 1 rings (SSSR count). The molecular formula is C13H18N2O3. The van der Waals surface area contributed by atoms with E-state index in [1.165, 1.54) is 6.92 Å². The summed E-state index contributed by atoms with van der Waals surface area (Å²) in [6.45, 7) is 6.64. The van der Waals surface area contributed by atoms with Crippen LogP contribution in [-0.4, -0.2) is 17.6 Å². The third-order valence-corrected chi connectivity index (χ3v) is 1.93. The van der Waals surface area contributed by atoms with E-state index in [4.69, 9.17) is 4.74 Å². The monoisotopic (exact) mass is 250 g/mol. The van der Waals surface area contributed by atoms with Gasteiger partial charge in [-0.2, -0.15) is 0 Å². The molecule has 5 heteroatoms. The highest BCUT2D eigenvalue weighted by molar-refractivity contribution is 5.93. The molecule has 2 amide bonds. The van der Waals surface area contributed by atoms with Crippen molar-refractivity contribution in [3.8, 4) is 0 Å². The Morgan fingerprint density at radius 1 is 1.17 bits per heavy atom. The maximum absolute atomic E-state index is 11.6. The minimum Gasteiger partial charge on any atom is -0.443 e. The topological polar surface area (TPSA) is 58.6 Å². The van der Waals surface area contributed by atoms with Gasteiger partial charge < -0.3 is 4.74 Å². The van der Waals surface area contributed by atoms with Gasteiger partial charge in [0.25, 0.3) is 0 Å². The lowest BCUT2D eigenvalue weighted by Crippen LogP contribution is -2.47. The summed E-state index contributed by atoms with van der Waals surface area (Å²) in [7, 11) is 0. The highest BCUT2D eigenvalue weighted by Gasteiger charge is 2.20. The third-order valence-electron chi connectivity index (χ3n) is 1.93. The lowest BCUT2D eigenvalue weighted by Gasteiger charge is -2.25. The lowest BCUT2D eigenvalue weighted by molar-refractivity contribution is -0.117. The van der Waals surface area contributed by atoms with Crippen molar-refractivity contribution in [3.05, 3.63) is 30.3 Å². The Labute approximate surface area is 107 Å². The molecule has 0 saturated carbocycles. The van der Waals surface area contributed by atoms with Gasteiger partial charge >= 0.3 is 6.09 Å². The number of rotatable bonds is 1. The van der Waals surface area contributed by atoms with Gasteiger partial charge in [0.1, 0.15) is 5.60 Å². The molecule has 1 N–H and O–H groups in total. The Hall–Kier alpha value is -2.04. The second kappa shape index (κ2) is 5.53. The standard InChI is InChI=1S/C13H18N2O3/c1-10(16)15(11-8-6-5-7-9-11)14-12(17)18-13(2,3)4/h5-9H,1-4H3,(H,14,17). The maximum Gasteiger partial charge on any atom is 0.427 e. The highest BCUT2D eigenvalue weighted by Crippen LogP contribution is 2.12. The van der Waals surface area contributed by atoms with Gasteiger partial charge in [0.2, 0.25) is 5.91 Å². The molecule has 0 unspecified atom stereocenters. The van der Waals surface area contributed by atoms with Gasteiger partial charge in [-0.25, -0.2) is 15.2 Å². The van der Waals surface area contributed by atoms with Crippen LogP contribution in [0, 0.1) is 0 Å². The smallest absolute Gasteiger partial charge is 0.427 e. The molecule has 0 atom stereocenters. The molecule has 5 nitrogen and oxygen atoms in total. The van der Waals surface area contributed by atoms with E-state index in [1.54, 1.807) is 45.0 Å². The Morgan fingerprint density at radius 3 is 2.17 bits per heavy atom. The Balaban J connectivity index is 2.77. The van der Waals surface area contributed by atoms with Gasteiger partial charge in [0.15, 0.2) is 0 Å². The first-order chi connectivity index (χ1) is 8.29. The quantitative estimate of drug-likeness (QED) is 0.779. The fraction of sp³-hybridized carbons (Fsp3) is 0.385. The molecule has 0 saturated heterocycles. The second-order valence-corrected chi connectivity index (χ2v) is 4.80. The maximum atomic E-state index is 11.6. The van der Waals surface area contributed by atoms with Crippen molar-refractivity contribution >= 4 is 17.7 Å². The van der Waals surface area contributed by atoms with Crippen LogP contribution in [0.5, 0.6) is 0 Å². The van der Waals surface area contributed by atoms with Crippen LogP contribution < -0.4 is 10.4 Å². The first kappa shape index (κ1) is 14.0. The number of hydrogen-bond donors (Lipinski definition) is 1. The average molecular weight is 250 g/mol. The number of nitrogens with zero attached hydrogens (tertiary/aromatic N) is 1. The summed E-state index contributed by atoms with van der Waals surface area (Å²) in [5.41, 5.74) is 2.38. The summed E-state index contributed by atoms with van der Waals surface area (Å²) < 4.78 is 5.10. The Bertz CT molecular complexity index is 424. The van der Waals surface area contributed by atoms with Crippen molar-refractivity contribution in [1.82, 2.24) is 5.43 Å². The van der Waals surface area contributed by atoms with Gasteiger partial charge in [-0.05, 0) is 32.9 Å². The van der Waals surface area contributed by atoms with Crippen LogP contribution in [0.25, 0.3) is 0 Å². The summed E-state index contributed by atoms with van der Waals surface area (Å²) in [4.78, 5) is 23.1. The molecule has 18 heavy (non-hydrogen) atoms. The minimum absolute atomic E-state index is 0.299. The van der Waals surface area contributed by atoms with Crippen molar-refractivity contribution in [2.75, 3.05) is 5.01 Å². The Kier molecular flexibility index (Phi) is 4.31. The van der Waals surface area contributed by atoms with Gasteiger partial charge in [-0.3, -0.25) is 4.79 Å².